The van der Waals surface area contributed by atoms with Crippen molar-refractivity contribution in [2.75, 3.05) is 13.1 Å². The first-order valence-corrected chi connectivity index (χ1v) is 8.34. The van der Waals surface area contributed by atoms with Crippen molar-refractivity contribution < 1.29 is 26.4 Å². The van der Waals surface area contributed by atoms with Crippen molar-refractivity contribution in [1.29, 1.82) is 0 Å². The van der Waals surface area contributed by atoms with E-state index in [1.807, 2.05) is 12.1 Å². The summed E-state index contributed by atoms with van der Waals surface area (Å²) in [6.45, 7) is 1.45. The summed E-state index contributed by atoms with van der Waals surface area (Å²) >= 11 is 7.27. The predicted octanol–water partition coefficient (Wildman–Crippen LogP) is 1.08. The minimum absolute atomic E-state index is 0. The third-order valence-corrected chi connectivity index (χ3v) is 5.05. The van der Waals surface area contributed by atoms with Gasteiger partial charge in [-0.25, -0.2) is 4.58 Å². The minimum Gasteiger partial charge on any atom is -1.00 e. The van der Waals surface area contributed by atoms with Gasteiger partial charge in [0.2, 0.25) is 12.3 Å². The van der Waals surface area contributed by atoms with Crippen molar-refractivity contribution in [3.8, 4) is 0 Å². The van der Waals surface area contributed by atoms with E-state index in [1.165, 1.54) is 22.6 Å². The van der Waals surface area contributed by atoms with E-state index in [2.05, 4.69) is 28.8 Å². The van der Waals surface area contributed by atoms with Gasteiger partial charge in [0.1, 0.15) is 6.54 Å². The molecule has 2 aromatic rings. The van der Waals surface area contributed by atoms with Gasteiger partial charge in [-0.15, -0.1) is 11.3 Å². The Morgan fingerprint density at radius 3 is 2.64 bits per heavy atom. The number of hydrogen-bond acceptors (Lipinski definition) is 2. The van der Waals surface area contributed by atoms with Crippen molar-refractivity contribution in [2.24, 2.45) is 0 Å². The van der Waals surface area contributed by atoms with Gasteiger partial charge in [-0.1, -0.05) is 41.9 Å². The molecule has 0 unspecified atom stereocenters. The number of halogens is 2. The van der Waals surface area contributed by atoms with Gasteiger partial charge < -0.3 is 17.0 Å². The summed E-state index contributed by atoms with van der Waals surface area (Å²) in [7, 11) is 0. The summed E-state index contributed by atoms with van der Waals surface area (Å²) in [5, 5.41) is 0. The summed E-state index contributed by atoms with van der Waals surface area (Å²) in [5.74, 6) is 0.166. The Hall–Kier alpha value is -0.970. The lowest BCUT2D eigenvalue weighted by Gasteiger charge is -2.02. The molecule has 0 amide bonds. The van der Waals surface area contributed by atoms with Crippen LogP contribution in [0.2, 0.25) is 4.34 Å². The van der Waals surface area contributed by atoms with E-state index in [4.69, 9.17) is 11.6 Å². The molecule has 1 aliphatic heterocycles. The van der Waals surface area contributed by atoms with E-state index < -0.39 is 0 Å². The van der Waals surface area contributed by atoms with Crippen LogP contribution in [0.15, 0.2) is 42.5 Å². The number of ketones is 1. The summed E-state index contributed by atoms with van der Waals surface area (Å²) in [4.78, 5) is 13.1. The van der Waals surface area contributed by atoms with Gasteiger partial charge in [0.05, 0.1) is 15.6 Å². The molecule has 2 nitrogen and oxygen atoms in total. The van der Waals surface area contributed by atoms with Gasteiger partial charge in [-0.05, 0) is 17.7 Å². The van der Waals surface area contributed by atoms with Crippen LogP contribution in [0.5, 0.6) is 0 Å². The molecular weight excluding hydrogens is 382 g/mol. The Kier molecular flexibility index (Phi) is 6.36. The molecule has 0 aliphatic carbocycles. The van der Waals surface area contributed by atoms with E-state index in [-0.39, 0.29) is 22.8 Å². The summed E-state index contributed by atoms with van der Waals surface area (Å²) < 4.78 is 2.91. The molecule has 116 valence electrons. The molecule has 2 heterocycles. The van der Waals surface area contributed by atoms with Crippen LogP contribution in [0.1, 0.15) is 28.1 Å². The Morgan fingerprint density at radius 1 is 1.18 bits per heavy atom. The molecule has 5 heteroatoms. The summed E-state index contributed by atoms with van der Waals surface area (Å²) in [5.41, 5.74) is 2.68. The molecule has 0 saturated heterocycles. The fourth-order valence-electron chi connectivity index (χ4n) is 2.73. The molecule has 0 atom stereocenters. The van der Waals surface area contributed by atoms with Gasteiger partial charge in [0.25, 0.3) is 0 Å². The van der Waals surface area contributed by atoms with E-state index in [1.54, 1.807) is 6.07 Å². The molecule has 1 aliphatic rings. The highest BCUT2D eigenvalue weighted by Gasteiger charge is 2.25. The largest absolute Gasteiger partial charge is 1.00 e. The van der Waals surface area contributed by atoms with Gasteiger partial charge in [-0.2, -0.15) is 0 Å². The maximum Gasteiger partial charge on any atom is 0.236 e. The van der Waals surface area contributed by atoms with E-state index >= 15 is 0 Å². The Bertz CT molecular complexity index is 681. The molecule has 0 N–H and O–H groups in total. The number of nitrogens with zero attached hydrogens (tertiary/aromatic N) is 1. The monoisotopic (exact) mass is 397 g/mol. The van der Waals surface area contributed by atoms with Crippen LogP contribution in [-0.4, -0.2) is 29.2 Å². The van der Waals surface area contributed by atoms with Crippen LogP contribution >= 0.6 is 22.9 Å². The van der Waals surface area contributed by atoms with Crippen molar-refractivity contribution >= 4 is 34.4 Å². The molecule has 0 spiro atoms. The van der Waals surface area contributed by atoms with E-state index in [0.717, 1.165) is 30.7 Å². The Balaban J connectivity index is 0.00000176. The van der Waals surface area contributed by atoms with Gasteiger partial charge in [-0.3, -0.25) is 4.79 Å². The number of thiophene rings is 1. The van der Waals surface area contributed by atoms with Crippen molar-refractivity contribution in [3.63, 3.8) is 0 Å². The minimum atomic E-state index is 0. The molecule has 0 saturated carbocycles. The first kappa shape index (κ1) is 17.4. The smallest absolute Gasteiger partial charge is 0.236 e. The molecule has 1 aromatic carbocycles. The van der Waals surface area contributed by atoms with Crippen LogP contribution in [0.25, 0.3) is 0 Å². The van der Waals surface area contributed by atoms with E-state index in [9.17, 15) is 4.79 Å². The molecule has 0 fully saturated rings. The lowest BCUT2D eigenvalue weighted by Crippen LogP contribution is -3.00. The van der Waals surface area contributed by atoms with Crippen molar-refractivity contribution in [3.05, 3.63) is 57.2 Å². The third kappa shape index (κ3) is 4.28. The van der Waals surface area contributed by atoms with Crippen LogP contribution in [0, 0.1) is 0 Å². The fraction of sp³-hybridized carbons (Fsp3) is 0.294. The van der Waals surface area contributed by atoms with Crippen LogP contribution in [-0.2, 0) is 6.42 Å². The van der Waals surface area contributed by atoms with Crippen LogP contribution < -0.4 is 17.0 Å². The summed E-state index contributed by atoms with van der Waals surface area (Å²) in [6, 6.07) is 14.1. The zero-order valence-corrected chi connectivity index (χ0v) is 15.3. The standard InChI is InChI=1S/C17H17ClNOS.BrH/c18-17-9-8-16(21-17)15(20)12-19-10-4-7-14(19)11-13-5-2-1-3-6-13;/h1-3,5-6,8-9H,4,7,10-12H2;1H/q+1;/p-1. The number of benzene rings is 1. The highest BCUT2D eigenvalue weighted by Crippen LogP contribution is 2.22. The predicted molar refractivity (Wildman–Crippen MR) is 88.0 cm³/mol. The molecule has 3 rings (SSSR count). The van der Waals surface area contributed by atoms with E-state index in [0.29, 0.717) is 10.9 Å². The average Bonchev–Trinajstić information content (AvgIpc) is 3.10. The molecule has 1 aromatic heterocycles. The van der Waals surface area contributed by atoms with Gasteiger partial charge >= 0.3 is 0 Å². The Morgan fingerprint density at radius 2 is 1.95 bits per heavy atom. The first-order valence-electron chi connectivity index (χ1n) is 7.14. The second-order valence-corrected chi connectivity index (χ2v) is 7.00. The lowest BCUT2D eigenvalue weighted by molar-refractivity contribution is -0.507. The van der Waals surface area contributed by atoms with Gasteiger partial charge in [0, 0.05) is 12.8 Å². The van der Waals surface area contributed by atoms with Crippen LogP contribution in [0.4, 0.5) is 0 Å². The average molecular weight is 399 g/mol. The molecular formula is C17H17BrClNOS. The molecule has 0 radical (unpaired) electrons. The maximum atomic E-state index is 12.3. The highest BCUT2D eigenvalue weighted by molar-refractivity contribution is 7.18. The first-order chi connectivity index (χ1) is 10.2. The number of rotatable bonds is 5. The molecule has 0 bridgehead atoms. The lowest BCUT2D eigenvalue weighted by atomic mass is 10.1. The zero-order chi connectivity index (χ0) is 14.7. The van der Waals surface area contributed by atoms with Crippen LogP contribution in [0.3, 0.4) is 0 Å². The second kappa shape index (κ2) is 8.04. The fourth-order valence-corrected chi connectivity index (χ4v) is 3.70. The number of Topliss-reactive ketones (excluding diaryl/α,β-unsaturated/α-hetero) is 1. The summed E-state index contributed by atoms with van der Waals surface area (Å²) in [6.07, 6.45) is 3.17. The highest BCUT2D eigenvalue weighted by atomic mass is 79.9. The topological polar surface area (TPSA) is 20.1 Å². The molecule has 22 heavy (non-hydrogen) atoms. The number of carbonyl (C=O) groups excluding carboxylic acids is 1. The zero-order valence-electron chi connectivity index (χ0n) is 12.1. The maximum absolute atomic E-state index is 12.3. The SMILES string of the molecule is O=C(C[N+]1=C(Cc2ccccc2)CCC1)c1ccc(Cl)s1.[Br-]. The number of hydrogen-bond donors (Lipinski definition) is 0. The second-order valence-electron chi connectivity index (χ2n) is 5.28. The van der Waals surface area contributed by atoms with Crippen molar-refractivity contribution in [1.82, 2.24) is 0 Å². The number of carbonyl (C=O) groups is 1. The normalized spacial score (nSPS) is 14.0. The van der Waals surface area contributed by atoms with Crippen molar-refractivity contribution in [2.45, 2.75) is 19.3 Å². The third-order valence-electron chi connectivity index (χ3n) is 3.77. The Labute approximate surface area is 150 Å². The quantitative estimate of drug-likeness (QED) is 0.545. The van der Waals surface area contributed by atoms with Gasteiger partial charge in [0.15, 0.2) is 5.71 Å².